The molecule has 0 aliphatic carbocycles. The molecule has 0 N–H and O–H groups in total. The van der Waals surface area contributed by atoms with Crippen molar-refractivity contribution in [3.05, 3.63) is 198 Å². The van der Waals surface area contributed by atoms with Crippen molar-refractivity contribution in [2.75, 3.05) is 0 Å². The van der Waals surface area contributed by atoms with Gasteiger partial charge in [0.2, 0.25) is 0 Å². The fourth-order valence-electron chi connectivity index (χ4n) is 5.93. The van der Waals surface area contributed by atoms with Crippen LogP contribution in [0.5, 0.6) is 0 Å². The minimum Gasteiger partial charge on any atom is -0.333 e. The fraction of sp³-hybridized carbons (Fsp3) is 0.0638. The Balaban J connectivity index is 0.000000220. The molecule has 3 nitrogen and oxygen atoms in total. The first-order chi connectivity index (χ1) is 28.3. The summed E-state index contributed by atoms with van der Waals surface area (Å²) in [5.74, 6) is 0.828. The molecule has 0 saturated heterocycles. The molecule has 0 aliphatic heterocycles. The standard InChI is InChI=1S/C34H23N2S.C13H12N.Ir/c1-3-9-24(10-4-1)21-25-15-20-29-30(23-37-33(29)22-25)34-35-31-13-7-8-14-32(31)36(34)28-18-16-27(17-19-28)26-11-5-2-6-12-26;1-10-3-6-12(7-4-10)13-8-5-11(2)9-14-13;/h1-20,22H,21H2;3-6,8-9H,1-2H3;/q2*-1;/i21D2;1D3,2D3;. The Labute approximate surface area is 333 Å². The van der Waals surface area contributed by atoms with Gasteiger partial charge in [-0.05, 0) is 65.4 Å². The largest absolute Gasteiger partial charge is 0.333 e. The third-order valence-electron chi connectivity index (χ3n) is 8.45. The number of nitrogens with zero attached hydrogens (tertiary/aromatic N) is 3. The van der Waals surface area contributed by atoms with E-state index in [0.29, 0.717) is 22.4 Å². The average molecular weight is 874 g/mol. The number of thiophene rings is 1. The Bertz CT molecular complexity index is 2800. The molecule has 0 aliphatic rings. The zero-order valence-corrected chi connectivity index (χ0v) is 30.9. The number of rotatable bonds is 6. The van der Waals surface area contributed by atoms with E-state index in [1.54, 1.807) is 12.1 Å². The number of aryl methyl sites for hydroxylation is 2. The van der Waals surface area contributed by atoms with E-state index in [1.165, 1.54) is 41.3 Å². The number of aromatic nitrogens is 3. The van der Waals surface area contributed by atoms with Crippen LogP contribution in [0.25, 0.3) is 60.6 Å². The number of fused-ring (bicyclic) bond motifs is 2. The van der Waals surface area contributed by atoms with Crippen LogP contribution in [0.4, 0.5) is 0 Å². The summed E-state index contributed by atoms with van der Waals surface area (Å²) in [5, 5.41) is 4.51. The summed E-state index contributed by atoms with van der Waals surface area (Å²) in [6.07, 6.45) is -0.291. The molecule has 1 radical (unpaired) electrons. The number of benzene rings is 6. The van der Waals surface area contributed by atoms with Crippen molar-refractivity contribution in [2.45, 2.75) is 20.1 Å². The topological polar surface area (TPSA) is 30.7 Å². The summed E-state index contributed by atoms with van der Waals surface area (Å²) in [7, 11) is 0. The van der Waals surface area contributed by atoms with E-state index in [1.807, 2.05) is 72.8 Å². The van der Waals surface area contributed by atoms with Gasteiger partial charge in [0, 0.05) is 43.0 Å². The second-order valence-electron chi connectivity index (χ2n) is 11.9. The van der Waals surface area contributed by atoms with Crippen molar-refractivity contribution >= 4 is 32.5 Å². The normalized spacial score (nSPS) is 13.8. The molecule has 255 valence electrons. The molecule has 0 fully saturated rings. The second-order valence-corrected chi connectivity index (χ2v) is 12.7. The van der Waals surface area contributed by atoms with Gasteiger partial charge in [-0.25, -0.2) is 0 Å². The Hall–Kier alpha value is -5.45. The van der Waals surface area contributed by atoms with Gasteiger partial charge in [-0.2, -0.15) is 0 Å². The van der Waals surface area contributed by atoms with E-state index in [9.17, 15) is 0 Å². The first-order valence-corrected chi connectivity index (χ1v) is 17.2. The van der Waals surface area contributed by atoms with Crippen molar-refractivity contribution in [3.8, 4) is 39.5 Å². The monoisotopic (exact) mass is 874 g/mol. The Morgan fingerprint density at radius 3 is 2.17 bits per heavy atom. The van der Waals surface area contributed by atoms with Gasteiger partial charge in [0.25, 0.3) is 0 Å². The van der Waals surface area contributed by atoms with E-state index >= 15 is 0 Å². The molecule has 3 heterocycles. The van der Waals surface area contributed by atoms with Crippen LogP contribution < -0.4 is 0 Å². The van der Waals surface area contributed by atoms with Gasteiger partial charge >= 0.3 is 0 Å². The summed E-state index contributed by atoms with van der Waals surface area (Å²) in [6, 6.07) is 52.8. The summed E-state index contributed by atoms with van der Waals surface area (Å²) < 4.78 is 64.4. The van der Waals surface area contributed by atoms with E-state index < -0.39 is 20.1 Å². The van der Waals surface area contributed by atoms with E-state index in [2.05, 4.69) is 75.6 Å². The first kappa shape index (κ1) is 26.3. The molecule has 0 bridgehead atoms. The molecule has 0 amide bonds. The SMILES string of the molecule is [2H]C([2H])([2H])c1c[c-]c(-c2ccc(C([2H])([2H])[2H])cn2)cc1.[2H]C([2H])(c1ccccc1)c1ccc2c(-c3nc4ccccc4n3-c3ccc(-c4ccccc4)cc3)[c-]sc2c1.[Ir]. The third-order valence-corrected chi connectivity index (χ3v) is 9.31. The maximum atomic E-state index is 8.80. The van der Waals surface area contributed by atoms with Crippen LogP contribution >= 0.6 is 11.3 Å². The summed E-state index contributed by atoms with van der Waals surface area (Å²) in [5.41, 5.74) is 9.08. The van der Waals surface area contributed by atoms with Gasteiger partial charge in [-0.1, -0.05) is 137 Å². The summed E-state index contributed by atoms with van der Waals surface area (Å²) >= 11 is 1.50. The zero-order chi connectivity index (χ0) is 41.4. The first-order valence-electron chi connectivity index (χ1n) is 20.4. The Kier molecular flexibility index (Phi) is 8.02. The van der Waals surface area contributed by atoms with Crippen LogP contribution in [0.3, 0.4) is 0 Å². The number of hydrogen-bond acceptors (Lipinski definition) is 3. The van der Waals surface area contributed by atoms with E-state index in [-0.39, 0.29) is 31.2 Å². The van der Waals surface area contributed by atoms with Crippen molar-refractivity contribution in [1.82, 2.24) is 14.5 Å². The molecule has 52 heavy (non-hydrogen) atoms. The predicted octanol–water partition coefficient (Wildman–Crippen LogP) is 12.1. The van der Waals surface area contributed by atoms with Gasteiger partial charge in [0.1, 0.15) is 0 Å². The van der Waals surface area contributed by atoms with Crippen molar-refractivity contribution in [1.29, 1.82) is 0 Å². The molecule has 5 heteroatoms. The zero-order valence-electron chi connectivity index (χ0n) is 35.7. The Morgan fingerprint density at radius 2 is 1.44 bits per heavy atom. The van der Waals surface area contributed by atoms with Crippen LogP contribution in [0.15, 0.2) is 164 Å². The van der Waals surface area contributed by atoms with Gasteiger partial charge in [0.15, 0.2) is 0 Å². The second kappa shape index (κ2) is 15.8. The van der Waals surface area contributed by atoms with Gasteiger partial charge < -0.3 is 9.55 Å². The number of hydrogen-bond donors (Lipinski definition) is 0. The quantitative estimate of drug-likeness (QED) is 0.156. The molecule has 0 spiro atoms. The molecule has 0 unspecified atom stereocenters. The molecular formula is C47H35IrN3S-2. The van der Waals surface area contributed by atoms with Crippen LogP contribution in [-0.4, -0.2) is 14.5 Å². The number of pyridine rings is 1. The average Bonchev–Trinajstić information content (AvgIpc) is 3.85. The maximum Gasteiger partial charge on any atom is 0.0774 e. The molecule has 3 aromatic heterocycles. The van der Waals surface area contributed by atoms with Crippen LogP contribution in [0, 0.1) is 25.2 Å². The third kappa shape index (κ3) is 7.58. The molecule has 9 rings (SSSR count). The number of para-hydroxylation sites is 2. The van der Waals surface area contributed by atoms with Crippen molar-refractivity contribution < 1.29 is 31.1 Å². The van der Waals surface area contributed by atoms with Gasteiger partial charge in [0.05, 0.1) is 16.9 Å². The molecule has 9 aromatic rings. The van der Waals surface area contributed by atoms with Crippen molar-refractivity contribution in [3.63, 3.8) is 0 Å². The molecule has 0 saturated carbocycles. The van der Waals surface area contributed by atoms with Crippen molar-refractivity contribution in [2.24, 2.45) is 0 Å². The minimum atomic E-state index is -2.18. The summed E-state index contributed by atoms with van der Waals surface area (Å²) in [6.45, 7) is -4.34. The smallest absolute Gasteiger partial charge is 0.0774 e. The molecular weight excluding hydrogens is 831 g/mol. The predicted molar refractivity (Wildman–Crippen MR) is 213 cm³/mol. The summed E-state index contributed by atoms with van der Waals surface area (Å²) in [4.78, 5) is 9.12. The fourth-order valence-corrected chi connectivity index (χ4v) is 6.81. The minimum absolute atomic E-state index is 0. The van der Waals surface area contributed by atoms with Crippen LogP contribution in [0.1, 0.15) is 33.2 Å². The Morgan fingerprint density at radius 1 is 0.712 bits per heavy atom. The van der Waals surface area contributed by atoms with Crippen LogP contribution in [0.2, 0.25) is 0 Å². The van der Waals surface area contributed by atoms with E-state index in [0.717, 1.165) is 43.8 Å². The number of imidazole rings is 1. The maximum absolute atomic E-state index is 8.80. The van der Waals surface area contributed by atoms with Gasteiger partial charge in [-0.15, -0.1) is 46.8 Å². The van der Waals surface area contributed by atoms with Crippen LogP contribution in [-0.2, 0) is 26.5 Å². The molecule has 6 aromatic carbocycles. The molecule has 0 atom stereocenters. The van der Waals surface area contributed by atoms with E-state index in [4.69, 9.17) is 16.0 Å². The van der Waals surface area contributed by atoms with Gasteiger partial charge in [-0.3, -0.25) is 16.3 Å².